The van der Waals surface area contributed by atoms with E-state index in [1.165, 1.54) is 11.8 Å². The first-order chi connectivity index (χ1) is 12.2. The zero-order valence-corrected chi connectivity index (χ0v) is 14.8. The van der Waals surface area contributed by atoms with Crippen molar-refractivity contribution in [3.63, 3.8) is 0 Å². The van der Waals surface area contributed by atoms with E-state index < -0.39 is 0 Å². The molecule has 0 aliphatic carbocycles. The molecule has 3 aromatic heterocycles. The fourth-order valence-corrected chi connectivity index (χ4v) is 2.98. The van der Waals surface area contributed by atoms with Gasteiger partial charge in [-0.1, -0.05) is 0 Å². The highest BCUT2D eigenvalue weighted by Crippen LogP contribution is 2.23. The third kappa shape index (κ3) is 4.19. The van der Waals surface area contributed by atoms with Crippen LogP contribution in [0.25, 0.3) is 0 Å². The minimum Gasteiger partial charge on any atom is -0.307 e. The molecule has 25 heavy (non-hydrogen) atoms. The van der Waals surface area contributed by atoms with Gasteiger partial charge >= 0.3 is 0 Å². The lowest BCUT2D eigenvalue weighted by Crippen LogP contribution is -2.30. The van der Waals surface area contributed by atoms with E-state index in [9.17, 15) is 4.79 Å². The number of carbonyl (C=O) groups is 1. The van der Waals surface area contributed by atoms with Gasteiger partial charge in [0.2, 0.25) is 0 Å². The Balaban J connectivity index is 1.76. The molecule has 0 radical (unpaired) electrons. The van der Waals surface area contributed by atoms with Crippen molar-refractivity contribution >= 4 is 23.4 Å². The predicted octanol–water partition coefficient (Wildman–Crippen LogP) is 3.39. The van der Waals surface area contributed by atoms with Gasteiger partial charge in [-0.25, -0.2) is 15.0 Å². The van der Waals surface area contributed by atoms with Crippen molar-refractivity contribution in [2.24, 2.45) is 0 Å². The Hall–Kier alpha value is -2.80. The van der Waals surface area contributed by atoms with Crippen molar-refractivity contribution in [2.75, 3.05) is 11.4 Å². The summed E-state index contributed by atoms with van der Waals surface area (Å²) in [5, 5.41) is 1.38. The van der Waals surface area contributed by atoms with Crippen molar-refractivity contribution in [3.8, 4) is 0 Å². The summed E-state index contributed by atoms with van der Waals surface area (Å²) in [7, 11) is 0. The molecule has 0 fully saturated rings. The first-order valence-electron chi connectivity index (χ1n) is 7.83. The molecule has 1 amide bonds. The van der Waals surface area contributed by atoms with Crippen LogP contribution in [-0.4, -0.2) is 32.4 Å². The van der Waals surface area contributed by atoms with Gasteiger partial charge in [-0.2, -0.15) is 0 Å². The summed E-state index contributed by atoms with van der Waals surface area (Å²) in [6.07, 6.45) is 6.66. The molecule has 3 rings (SSSR count). The fourth-order valence-electron chi connectivity index (χ4n) is 2.25. The lowest BCUT2D eigenvalue weighted by Gasteiger charge is -2.20. The second kappa shape index (κ2) is 7.85. The van der Waals surface area contributed by atoms with E-state index in [2.05, 4.69) is 19.9 Å². The van der Waals surface area contributed by atoms with Crippen molar-refractivity contribution < 1.29 is 4.79 Å². The van der Waals surface area contributed by atoms with Gasteiger partial charge in [0, 0.05) is 30.8 Å². The van der Waals surface area contributed by atoms with Crippen LogP contribution in [-0.2, 0) is 0 Å². The topological polar surface area (TPSA) is 71.9 Å². The number of aromatic nitrogens is 4. The predicted molar refractivity (Wildman–Crippen MR) is 96.7 cm³/mol. The zero-order chi connectivity index (χ0) is 17.6. The second-order valence-electron chi connectivity index (χ2n) is 5.23. The Bertz CT molecular complexity index is 855. The van der Waals surface area contributed by atoms with E-state index >= 15 is 0 Å². The van der Waals surface area contributed by atoms with E-state index in [0.29, 0.717) is 17.3 Å². The first-order valence-corrected chi connectivity index (χ1v) is 8.64. The molecular weight excluding hydrogens is 334 g/mol. The van der Waals surface area contributed by atoms with Crippen LogP contribution in [0.15, 0.2) is 65.3 Å². The number of rotatable bonds is 5. The molecule has 0 aromatic carbocycles. The zero-order valence-electron chi connectivity index (χ0n) is 14.0. The molecule has 3 heterocycles. The Kier molecular flexibility index (Phi) is 5.35. The van der Waals surface area contributed by atoms with Crippen molar-refractivity contribution in [3.05, 3.63) is 66.4 Å². The molecule has 3 aromatic rings. The highest BCUT2D eigenvalue weighted by atomic mass is 32.2. The van der Waals surface area contributed by atoms with Crippen LogP contribution in [0.4, 0.5) is 5.69 Å². The van der Waals surface area contributed by atoms with Gasteiger partial charge in [0.25, 0.3) is 5.91 Å². The smallest absolute Gasteiger partial charge is 0.259 e. The molecule has 0 unspecified atom stereocenters. The molecule has 126 valence electrons. The van der Waals surface area contributed by atoms with Crippen molar-refractivity contribution in [2.45, 2.75) is 24.0 Å². The van der Waals surface area contributed by atoms with Gasteiger partial charge in [0.15, 0.2) is 5.16 Å². The highest BCUT2D eigenvalue weighted by Gasteiger charge is 2.16. The minimum absolute atomic E-state index is 0.105. The van der Waals surface area contributed by atoms with Gasteiger partial charge in [-0.05, 0) is 55.9 Å². The number of amides is 1. The largest absolute Gasteiger partial charge is 0.307 e. The number of anilines is 1. The average molecular weight is 351 g/mol. The van der Waals surface area contributed by atoms with E-state index in [4.69, 9.17) is 0 Å². The van der Waals surface area contributed by atoms with Crippen LogP contribution in [0.1, 0.15) is 23.0 Å². The summed E-state index contributed by atoms with van der Waals surface area (Å²) in [6.45, 7) is 4.40. The Morgan fingerprint density at radius 1 is 1.12 bits per heavy atom. The lowest BCUT2D eigenvalue weighted by molar-refractivity contribution is 0.0988. The third-order valence-electron chi connectivity index (χ3n) is 3.47. The molecule has 0 saturated heterocycles. The molecule has 7 heteroatoms. The van der Waals surface area contributed by atoms with Crippen molar-refractivity contribution in [1.82, 2.24) is 19.9 Å². The summed E-state index contributed by atoms with van der Waals surface area (Å²) in [5.74, 6) is -0.105. The quantitative estimate of drug-likeness (QED) is 0.656. The molecule has 0 spiro atoms. The van der Waals surface area contributed by atoms with Crippen LogP contribution in [0.5, 0.6) is 0 Å². The number of hydrogen-bond acceptors (Lipinski definition) is 6. The molecule has 0 saturated carbocycles. The summed E-state index contributed by atoms with van der Waals surface area (Å²) < 4.78 is 0. The number of hydrogen-bond donors (Lipinski definition) is 0. The van der Waals surface area contributed by atoms with Gasteiger partial charge in [-0.3, -0.25) is 9.78 Å². The molecule has 6 nitrogen and oxygen atoms in total. The van der Waals surface area contributed by atoms with E-state index in [1.54, 1.807) is 41.8 Å². The van der Waals surface area contributed by atoms with E-state index in [1.807, 2.05) is 32.0 Å². The monoisotopic (exact) mass is 351 g/mol. The molecular formula is C18H17N5OS. The summed E-state index contributed by atoms with van der Waals surface area (Å²) in [5.41, 5.74) is 2.20. The Labute approximate surface area is 150 Å². The molecule has 0 atom stereocenters. The van der Waals surface area contributed by atoms with Crippen LogP contribution < -0.4 is 4.90 Å². The van der Waals surface area contributed by atoms with Crippen LogP contribution >= 0.6 is 11.8 Å². The molecule has 0 N–H and O–H groups in total. The molecule has 0 aliphatic rings. The second-order valence-corrected chi connectivity index (χ2v) is 6.22. The molecule has 0 aliphatic heterocycles. The highest BCUT2D eigenvalue weighted by molar-refractivity contribution is 7.99. The lowest BCUT2D eigenvalue weighted by atomic mass is 10.2. The summed E-state index contributed by atoms with van der Waals surface area (Å²) >= 11 is 1.36. The van der Waals surface area contributed by atoms with E-state index in [0.717, 1.165) is 16.4 Å². The number of pyridine rings is 2. The van der Waals surface area contributed by atoms with Gasteiger partial charge < -0.3 is 4.90 Å². The van der Waals surface area contributed by atoms with Crippen LogP contribution in [0.2, 0.25) is 0 Å². The van der Waals surface area contributed by atoms with E-state index in [-0.39, 0.29) is 5.91 Å². The molecule has 0 bridgehead atoms. The Morgan fingerprint density at radius 2 is 2.00 bits per heavy atom. The number of nitrogens with zero attached hydrogens (tertiary/aromatic N) is 5. The Morgan fingerprint density at radius 3 is 2.64 bits per heavy atom. The van der Waals surface area contributed by atoms with Crippen molar-refractivity contribution in [1.29, 1.82) is 0 Å². The maximum absolute atomic E-state index is 12.7. The fraction of sp³-hybridized carbons (Fsp3) is 0.167. The van der Waals surface area contributed by atoms with Gasteiger partial charge in [-0.15, -0.1) is 0 Å². The number of aryl methyl sites for hydroxylation is 1. The maximum Gasteiger partial charge on any atom is 0.259 e. The summed E-state index contributed by atoms with van der Waals surface area (Å²) in [6, 6.07) is 9.09. The summed E-state index contributed by atoms with van der Waals surface area (Å²) in [4.78, 5) is 31.4. The third-order valence-corrected chi connectivity index (χ3v) is 4.30. The van der Waals surface area contributed by atoms with Gasteiger partial charge in [0.05, 0.1) is 17.4 Å². The van der Waals surface area contributed by atoms with Gasteiger partial charge in [0.1, 0.15) is 5.03 Å². The normalized spacial score (nSPS) is 10.5. The standard InChI is InChI=1S/C18H17N5OS/c1-3-23(15-5-4-9-19-12-15)17(24)14-6-7-16(21-11-14)25-18-20-10-8-13(2)22-18/h4-12H,3H2,1-2H3. The maximum atomic E-state index is 12.7. The first kappa shape index (κ1) is 17.0. The number of carbonyl (C=O) groups excluding carboxylic acids is 1. The van der Waals surface area contributed by atoms with Crippen LogP contribution in [0, 0.1) is 6.92 Å². The minimum atomic E-state index is -0.105. The average Bonchev–Trinajstić information content (AvgIpc) is 2.64. The van der Waals surface area contributed by atoms with Crippen LogP contribution in [0.3, 0.4) is 0 Å². The SMILES string of the molecule is CCN(C(=O)c1ccc(Sc2nccc(C)n2)nc1)c1cccnc1.